The van der Waals surface area contributed by atoms with Crippen molar-refractivity contribution < 1.29 is 28.9 Å². The fourth-order valence-corrected chi connectivity index (χ4v) is 7.47. The first kappa shape index (κ1) is 33.0. The lowest BCUT2D eigenvalue weighted by Crippen LogP contribution is -2.44. The van der Waals surface area contributed by atoms with Crippen molar-refractivity contribution in [2.75, 3.05) is 25.7 Å². The highest BCUT2D eigenvalue weighted by molar-refractivity contribution is 8.02. The molecule has 12 heteroatoms. The van der Waals surface area contributed by atoms with Gasteiger partial charge >= 0.3 is 5.97 Å². The van der Waals surface area contributed by atoms with Gasteiger partial charge < -0.3 is 24.2 Å². The first-order valence-corrected chi connectivity index (χ1v) is 16.0. The van der Waals surface area contributed by atoms with Crippen molar-refractivity contribution in [2.24, 2.45) is 5.41 Å². The molecule has 0 bridgehead atoms. The number of methoxy groups -OCH3 is 2. The minimum atomic E-state index is -1.03. The Hall–Kier alpha value is -2.86. The van der Waals surface area contributed by atoms with Gasteiger partial charge in [0.05, 0.1) is 14.2 Å². The molecular weight excluding hydrogens is 610 g/mol. The largest absolute Gasteiger partial charge is 0.493 e. The third kappa shape index (κ3) is 7.45. The third-order valence-corrected chi connectivity index (χ3v) is 9.42. The van der Waals surface area contributed by atoms with E-state index < -0.39 is 22.9 Å². The number of rotatable bonds is 11. The van der Waals surface area contributed by atoms with Gasteiger partial charge in [-0.2, -0.15) is 4.37 Å². The van der Waals surface area contributed by atoms with E-state index in [0.29, 0.717) is 50.9 Å². The fourth-order valence-electron chi connectivity index (χ4n) is 5.10. The topological polar surface area (TPSA) is 111 Å². The van der Waals surface area contributed by atoms with Crippen LogP contribution in [-0.2, 0) is 20.7 Å². The van der Waals surface area contributed by atoms with Crippen LogP contribution in [0.1, 0.15) is 70.5 Å². The number of hydrogen-bond acceptors (Lipinski definition) is 9. The number of carboxylic acid groups (broad SMARTS) is 1. The Kier molecular flexibility index (Phi) is 10.3. The lowest BCUT2D eigenvalue weighted by atomic mass is 9.94. The number of aliphatic carboxylic acids is 1. The number of nitrogens with zero attached hydrogens (tertiary/aromatic N) is 3. The first-order chi connectivity index (χ1) is 20.3. The number of carboxylic acids is 1. The number of aromatic nitrogens is 2. The predicted octanol–water partition coefficient (Wildman–Crippen LogP) is 7.05. The van der Waals surface area contributed by atoms with Crippen molar-refractivity contribution >= 4 is 52.5 Å². The van der Waals surface area contributed by atoms with Gasteiger partial charge in [-0.15, -0.1) is 0 Å². The van der Waals surface area contributed by atoms with E-state index in [1.54, 1.807) is 38.2 Å². The van der Waals surface area contributed by atoms with E-state index in [1.165, 1.54) is 11.8 Å². The minimum Gasteiger partial charge on any atom is -0.493 e. The monoisotopic (exact) mass is 647 g/mol. The molecule has 43 heavy (non-hydrogen) atoms. The zero-order valence-corrected chi connectivity index (χ0v) is 27.9. The summed E-state index contributed by atoms with van der Waals surface area (Å²) in [7, 11) is 3.13. The molecule has 1 N–H and O–H groups in total. The van der Waals surface area contributed by atoms with Crippen molar-refractivity contribution in [1.82, 2.24) is 9.36 Å². The highest BCUT2D eigenvalue weighted by atomic mass is 35.5. The van der Waals surface area contributed by atoms with E-state index in [2.05, 4.69) is 30.1 Å². The maximum absolute atomic E-state index is 14.3. The maximum atomic E-state index is 14.3. The molecule has 232 valence electrons. The van der Waals surface area contributed by atoms with Gasteiger partial charge in [-0.05, 0) is 54.6 Å². The Labute approximate surface area is 266 Å². The maximum Gasteiger partial charge on any atom is 0.319 e. The van der Waals surface area contributed by atoms with Crippen LogP contribution in [0.4, 0.5) is 5.69 Å². The van der Waals surface area contributed by atoms with Gasteiger partial charge in [-0.3, -0.25) is 9.59 Å². The molecule has 1 amide bonds. The lowest BCUT2D eigenvalue weighted by molar-refractivity contribution is -0.139. The van der Waals surface area contributed by atoms with Crippen LogP contribution in [-0.4, -0.2) is 58.0 Å². The molecule has 4 rings (SSSR count). The molecule has 3 aromatic rings. The van der Waals surface area contributed by atoms with Gasteiger partial charge in [0.15, 0.2) is 15.8 Å². The van der Waals surface area contributed by atoms with Crippen LogP contribution in [0, 0.1) is 5.41 Å². The molecule has 1 unspecified atom stereocenters. The van der Waals surface area contributed by atoms with Crippen molar-refractivity contribution in [1.29, 1.82) is 0 Å². The number of thioether (sulfide) groups is 1. The van der Waals surface area contributed by atoms with E-state index in [4.69, 9.17) is 25.8 Å². The van der Waals surface area contributed by atoms with Crippen LogP contribution in [0.25, 0.3) is 0 Å². The van der Waals surface area contributed by atoms with Crippen molar-refractivity contribution in [3.63, 3.8) is 0 Å². The number of carbonyl (C=O) groups is 2. The van der Waals surface area contributed by atoms with Crippen LogP contribution < -0.4 is 14.4 Å². The molecule has 0 fully saturated rings. The van der Waals surface area contributed by atoms with Crippen LogP contribution >= 0.6 is 34.9 Å². The van der Waals surface area contributed by atoms with E-state index in [0.717, 1.165) is 23.5 Å². The van der Waals surface area contributed by atoms with E-state index in [1.807, 2.05) is 31.2 Å². The zero-order valence-electron chi connectivity index (χ0n) is 25.5. The molecule has 0 aliphatic carbocycles. The summed E-state index contributed by atoms with van der Waals surface area (Å²) in [5, 5.41) is 10.3. The second-order valence-electron chi connectivity index (χ2n) is 11.8. The Balaban J connectivity index is 1.79. The van der Waals surface area contributed by atoms with Crippen LogP contribution in [0.5, 0.6) is 11.5 Å². The van der Waals surface area contributed by atoms with Gasteiger partial charge in [-0.1, -0.05) is 69.6 Å². The number of ether oxygens (including phenoxy) is 3. The molecule has 9 nitrogen and oxygen atoms in total. The smallest absolute Gasteiger partial charge is 0.319 e. The van der Waals surface area contributed by atoms with Crippen molar-refractivity contribution in [2.45, 2.75) is 75.2 Å². The average Bonchev–Trinajstić information content (AvgIpc) is 3.35. The van der Waals surface area contributed by atoms with Gasteiger partial charge in [0.2, 0.25) is 0 Å². The van der Waals surface area contributed by atoms with E-state index in [-0.39, 0.29) is 17.7 Å². The molecule has 2 heterocycles. The number of hydrogen-bond donors (Lipinski definition) is 1. The van der Waals surface area contributed by atoms with Gasteiger partial charge in [0.1, 0.15) is 22.8 Å². The SMILES string of the molecule is CCCC(C)(Sc1nc(C[C@H]2O[C@H](c3cccc(OC)c3OC)c3cc(Cl)ccc3N(CC(C)(C)C)C2=O)ns1)C(=O)O. The number of benzene rings is 2. The average molecular weight is 648 g/mol. The van der Waals surface area contributed by atoms with Crippen LogP contribution in [0.3, 0.4) is 0 Å². The second-order valence-corrected chi connectivity index (χ2v) is 14.8. The van der Waals surface area contributed by atoms with E-state index >= 15 is 0 Å². The lowest BCUT2D eigenvalue weighted by Gasteiger charge is -2.31. The first-order valence-electron chi connectivity index (χ1n) is 14.0. The summed E-state index contributed by atoms with van der Waals surface area (Å²) in [5.41, 5.74) is 1.87. The number of halogens is 1. The Morgan fingerprint density at radius 2 is 1.91 bits per heavy atom. The number of anilines is 1. The number of para-hydroxylation sites is 1. The quantitative estimate of drug-likeness (QED) is 0.219. The Morgan fingerprint density at radius 1 is 1.16 bits per heavy atom. The predicted molar refractivity (Wildman–Crippen MR) is 170 cm³/mol. The minimum absolute atomic E-state index is 0.0958. The summed E-state index contributed by atoms with van der Waals surface area (Å²) in [6.07, 6.45) is -0.389. The summed E-state index contributed by atoms with van der Waals surface area (Å²) >= 11 is 8.83. The van der Waals surface area contributed by atoms with Crippen molar-refractivity contribution in [3.05, 3.63) is 58.4 Å². The molecule has 3 atom stereocenters. The molecule has 1 aliphatic heterocycles. The van der Waals surface area contributed by atoms with Gasteiger partial charge in [-0.25, -0.2) is 4.98 Å². The fraction of sp³-hybridized carbons (Fsp3) is 0.484. The number of fused-ring (bicyclic) bond motifs is 1. The second kappa shape index (κ2) is 13.4. The summed E-state index contributed by atoms with van der Waals surface area (Å²) in [5.74, 6) is 0.301. The highest BCUT2D eigenvalue weighted by Crippen LogP contribution is 2.46. The molecule has 2 aromatic carbocycles. The molecule has 1 aliphatic rings. The van der Waals surface area contributed by atoms with Crippen molar-refractivity contribution in [3.8, 4) is 11.5 Å². The van der Waals surface area contributed by atoms with Crippen LogP contribution in [0.15, 0.2) is 40.7 Å². The number of amides is 1. The van der Waals surface area contributed by atoms with Gasteiger partial charge in [0.25, 0.3) is 5.91 Å². The molecular formula is C31H38ClN3O6S2. The van der Waals surface area contributed by atoms with E-state index in [9.17, 15) is 14.7 Å². The molecule has 0 spiro atoms. The van der Waals surface area contributed by atoms with Gasteiger partial charge in [0, 0.05) is 34.8 Å². The normalized spacial score (nSPS) is 18.5. The molecule has 0 saturated carbocycles. The number of carbonyl (C=O) groups excluding carboxylic acids is 1. The Bertz CT molecular complexity index is 1480. The third-order valence-electron chi connectivity index (χ3n) is 7.06. The summed E-state index contributed by atoms with van der Waals surface area (Å²) < 4.78 is 22.1. The zero-order chi connectivity index (χ0) is 31.5. The van der Waals surface area contributed by atoms with Crippen LogP contribution in [0.2, 0.25) is 5.02 Å². The standard InChI is InChI=1S/C31H38ClN3O6S2/c1-8-14-31(5,28(37)38)42-29-33-24(34-43-29)16-23-27(36)35(17-30(2,3)4)21-13-12-18(32)15-20(21)25(41-23)19-10-9-11-22(39-6)26(19)40-7/h9-13,15,23,25H,8,14,16-17H2,1-7H3,(H,37,38)/t23-,25-,31?/m1/s1. The molecule has 0 radical (unpaired) electrons. The summed E-state index contributed by atoms with van der Waals surface area (Å²) in [6.45, 7) is 10.3. The highest BCUT2D eigenvalue weighted by Gasteiger charge is 2.40. The summed E-state index contributed by atoms with van der Waals surface area (Å²) in [6, 6.07) is 11.0. The summed E-state index contributed by atoms with van der Waals surface area (Å²) in [4.78, 5) is 32.7. The Morgan fingerprint density at radius 3 is 2.53 bits per heavy atom. The molecule has 1 aromatic heterocycles. The molecule has 0 saturated heterocycles.